The summed E-state index contributed by atoms with van der Waals surface area (Å²) in [6.07, 6.45) is 9.17. The number of fused-ring (bicyclic) bond motifs is 2. The van der Waals surface area contributed by atoms with E-state index >= 15 is 0 Å². The molecule has 0 bridgehead atoms. The van der Waals surface area contributed by atoms with Crippen molar-refractivity contribution in [2.75, 3.05) is 0 Å². The summed E-state index contributed by atoms with van der Waals surface area (Å²) >= 11 is 0. The molecule has 1 fully saturated rings. The van der Waals surface area contributed by atoms with Crippen LogP contribution in [0.5, 0.6) is 0 Å². The second-order valence-corrected chi connectivity index (χ2v) is 17.4. The van der Waals surface area contributed by atoms with Gasteiger partial charge in [0.1, 0.15) is 0 Å². The molecule has 5 aromatic carbocycles. The Hall–Kier alpha value is -2.52. The average Bonchev–Trinajstić information content (AvgIpc) is 3.02. The molecule has 6 rings (SSSR count). The van der Waals surface area contributed by atoms with Crippen LogP contribution in [0.15, 0.2) is 97.1 Å². The van der Waals surface area contributed by atoms with Crippen LogP contribution in [0.25, 0.3) is 32.7 Å². The summed E-state index contributed by atoms with van der Waals surface area (Å²) in [6.45, 7) is 9.72. The monoisotopic (exact) mass is 588 g/mol. The number of benzene rings is 5. The molecule has 0 aromatic heterocycles. The van der Waals surface area contributed by atoms with E-state index in [0.29, 0.717) is 11.3 Å². The van der Waals surface area contributed by atoms with Crippen molar-refractivity contribution in [3.05, 3.63) is 114 Å². The second kappa shape index (κ2) is 13.4. The number of hydrogen-bond donors (Lipinski definition) is 0. The van der Waals surface area contributed by atoms with E-state index in [9.17, 15) is 0 Å². The zero-order valence-corrected chi connectivity index (χ0v) is 27.8. The van der Waals surface area contributed by atoms with Crippen molar-refractivity contribution in [2.24, 2.45) is 0 Å². The Morgan fingerprint density at radius 2 is 1.17 bits per heavy atom. The van der Waals surface area contributed by atoms with Crippen LogP contribution in [0.1, 0.15) is 82.4 Å². The van der Waals surface area contributed by atoms with Crippen molar-refractivity contribution in [1.82, 2.24) is 0 Å². The van der Waals surface area contributed by atoms with Gasteiger partial charge in [0.05, 0.1) is 0 Å². The minimum absolute atomic E-state index is 0.124. The highest BCUT2D eigenvalue weighted by Gasteiger charge is 2.23. The van der Waals surface area contributed by atoms with Gasteiger partial charge in [-0.1, -0.05) is 161 Å². The maximum Gasteiger partial charge on any atom is -0.00537 e. The molecule has 0 spiro atoms. The van der Waals surface area contributed by atoms with E-state index in [4.69, 9.17) is 0 Å². The third-order valence-electron chi connectivity index (χ3n) is 9.44. The summed E-state index contributed by atoms with van der Waals surface area (Å²) < 4.78 is 0. The molecule has 1 aliphatic carbocycles. The van der Waals surface area contributed by atoms with E-state index in [1.54, 1.807) is 10.9 Å². The summed E-state index contributed by atoms with van der Waals surface area (Å²) in [5.74, 6) is 0.745. The lowest BCUT2D eigenvalue weighted by atomic mass is 9.84. The molecule has 1 atom stereocenters. The zero-order chi connectivity index (χ0) is 29.1. The summed E-state index contributed by atoms with van der Waals surface area (Å²) in [5.41, 5.74) is 9.05. The molecule has 0 heterocycles. The largest absolute Gasteiger partial charge is 0.0969 e. The predicted octanol–water partition coefficient (Wildman–Crippen LogP) is 12.0. The molecule has 42 heavy (non-hydrogen) atoms. The third-order valence-corrected chi connectivity index (χ3v) is 14.2. The Morgan fingerprint density at radius 1 is 0.619 bits per heavy atom. The fourth-order valence-electron chi connectivity index (χ4n) is 7.28. The van der Waals surface area contributed by atoms with Gasteiger partial charge in [-0.3, -0.25) is 0 Å². The quantitative estimate of drug-likeness (QED) is 0.150. The molecule has 2 heteroatoms. The van der Waals surface area contributed by atoms with Crippen LogP contribution < -0.4 is 5.30 Å². The number of rotatable bonds is 9. The SMILES string of the molecule is CC(C)P(Cc1ccc2ccccc2c1-c1c(CPc2ccccc2C2CCCCC2)ccc2ccccc12)C(C)C. The molecular formula is C40H46P2. The molecule has 216 valence electrons. The lowest BCUT2D eigenvalue weighted by Crippen LogP contribution is -2.13. The first kappa shape index (κ1) is 29.5. The molecule has 5 aromatic rings. The van der Waals surface area contributed by atoms with Crippen LogP contribution in [-0.4, -0.2) is 11.3 Å². The van der Waals surface area contributed by atoms with Crippen LogP contribution in [0.2, 0.25) is 0 Å². The molecule has 1 aliphatic rings. The molecule has 1 saturated carbocycles. The summed E-state index contributed by atoms with van der Waals surface area (Å²) in [7, 11) is 0.659. The minimum Gasteiger partial charge on any atom is -0.0969 e. The van der Waals surface area contributed by atoms with Crippen LogP contribution in [-0.2, 0) is 12.3 Å². The summed E-state index contributed by atoms with van der Waals surface area (Å²) in [5, 5.41) is 7.08. The molecular weight excluding hydrogens is 542 g/mol. The Morgan fingerprint density at radius 3 is 1.81 bits per heavy atom. The molecule has 0 nitrogen and oxygen atoms in total. The van der Waals surface area contributed by atoms with E-state index in [1.807, 2.05) is 0 Å². The first-order valence-electron chi connectivity index (χ1n) is 16.1. The Balaban J connectivity index is 1.50. The van der Waals surface area contributed by atoms with Crippen molar-refractivity contribution >= 4 is 43.4 Å². The van der Waals surface area contributed by atoms with Crippen molar-refractivity contribution in [1.29, 1.82) is 0 Å². The first-order valence-corrected chi connectivity index (χ1v) is 19.0. The lowest BCUT2D eigenvalue weighted by Gasteiger charge is -2.28. The standard InChI is InChI=1S/C40H46P2/c1-28(2)42(29(3)4)27-34-25-23-32-17-9-11-20-37(32)40(34)39-33(24-22-31-16-8-10-19-36(31)39)26-41-38-21-13-12-18-35(38)30-14-6-5-7-15-30/h8-13,16-25,28-30,41H,5-7,14-15,26-27H2,1-4H3. The van der Waals surface area contributed by atoms with Crippen molar-refractivity contribution < 1.29 is 0 Å². The second-order valence-electron chi connectivity index (χ2n) is 12.8. The first-order chi connectivity index (χ1) is 20.5. The van der Waals surface area contributed by atoms with Gasteiger partial charge >= 0.3 is 0 Å². The Kier molecular flexibility index (Phi) is 9.44. The topological polar surface area (TPSA) is 0 Å². The molecule has 0 aliphatic heterocycles. The molecule has 0 saturated heterocycles. The van der Waals surface area contributed by atoms with Crippen LogP contribution >= 0.6 is 16.5 Å². The maximum atomic E-state index is 2.46. The average molecular weight is 589 g/mol. The van der Waals surface area contributed by atoms with E-state index in [1.165, 1.54) is 82.1 Å². The molecule has 0 N–H and O–H groups in total. The third kappa shape index (κ3) is 6.23. The van der Waals surface area contributed by atoms with Crippen molar-refractivity contribution in [2.45, 2.75) is 89.4 Å². The van der Waals surface area contributed by atoms with Crippen molar-refractivity contribution in [3.63, 3.8) is 0 Å². The highest BCUT2D eigenvalue weighted by molar-refractivity contribution is 7.58. The number of hydrogen-bond acceptors (Lipinski definition) is 0. The van der Waals surface area contributed by atoms with E-state index < -0.39 is 0 Å². The predicted molar refractivity (Wildman–Crippen MR) is 192 cm³/mol. The molecule has 0 radical (unpaired) electrons. The Bertz CT molecular complexity index is 1650. The van der Waals surface area contributed by atoms with E-state index in [-0.39, 0.29) is 7.92 Å². The smallest absolute Gasteiger partial charge is 0.00537 e. The van der Waals surface area contributed by atoms with Gasteiger partial charge in [-0.2, -0.15) is 0 Å². The van der Waals surface area contributed by atoms with Gasteiger partial charge < -0.3 is 0 Å². The van der Waals surface area contributed by atoms with Crippen LogP contribution in [0.4, 0.5) is 0 Å². The highest BCUT2D eigenvalue weighted by Crippen LogP contribution is 2.52. The lowest BCUT2D eigenvalue weighted by molar-refractivity contribution is 0.445. The highest BCUT2D eigenvalue weighted by atomic mass is 31.1. The van der Waals surface area contributed by atoms with Gasteiger partial charge in [-0.15, -0.1) is 0 Å². The van der Waals surface area contributed by atoms with Gasteiger partial charge in [0.2, 0.25) is 0 Å². The maximum absolute atomic E-state index is 2.46. The normalized spacial score (nSPS) is 14.8. The fourth-order valence-corrected chi connectivity index (χ4v) is 11.2. The molecule has 0 amide bonds. The van der Waals surface area contributed by atoms with Gasteiger partial charge in [0.25, 0.3) is 0 Å². The Labute approximate surface area is 256 Å². The van der Waals surface area contributed by atoms with Crippen LogP contribution in [0.3, 0.4) is 0 Å². The van der Waals surface area contributed by atoms with Gasteiger partial charge in [-0.25, -0.2) is 0 Å². The van der Waals surface area contributed by atoms with Gasteiger partial charge in [0, 0.05) is 0 Å². The summed E-state index contributed by atoms with van der Waals surface area (Å²) in [6, 6.07) is 37.2. The van der Waals surface area contributed by atoms with Gasteiger partial charge in [0.15, 0.2) is 0 Å². The fraction of sp³-hybridized carbons (Fsp3) is 0.350. The van der Waals surface area contributed by atoms with E-state index in [2.05, 4.69) is 125 Å². The van der Waals surface area contributed by atoms with Gasteiger partial charge in [-0.05, 0) is 97.1 Å². The van der Waals surface area contributed by atoms with Crippen LogP contribution in [0, 0.1) is 0 Å². The van der Waals surface area contributed by atoms with E-state index in [0.717, 1.165) is 20.7 Å². The summed E-state index contributed by atoms with van der Waals surface area (Å²) in [4.78, 5) is 0. The van der Waals surface area contributed by atoms with Crippen molar-refractivity contribution in [3.8, 4) is 11.1 Å². The minimum atomic E-state index is -0.124. The molecule has 1 unspecified atom stereocenters. The zero-order valence-electron chi connectivity index (χ0n) is 25.9.